The second kappa shape index (κ2) is 7.62. The molecule has 20 heavy (non-hydrogen) atoms. The van der Waals surface area contributed by atoms with Gasteiger partial charge in [0, 0.05) is 25.6 Å². The van der Waals surface area contributed by atoms with Crippen molar-refractivity contribution in [1.29, 1.82) is 0 Å². The summed E-state index contributed by atoms with van der Waals surface area (Å²) in [6.45, 7) is 5.23. The van der Waals surface area contributed by atoms with Crippen molar-refractivity contribution in [2.24, 2.45) is 0 Å². The molecule has 1 aromatic heterocycles. The van der Waals surface area contributed by atoms with Gasteiger partial charge in [0.15, 0.2) is 0 Å². The third-order valence-electron chi connectivity index (χ3n) is 3.31. The first-order valence-corrected chi connectivity index (χ1v) is 7.48. The molecule has 0 saturated heterocycles. The van der Waals surface area contributed by atoms with Crippen molar-refractivity contribution in [1.82, 2.24) is 15.1 Å². The van der Waals surface area contributed by atoms with Crippen molar-refractivity contribution in [2.75, 3.05) is 20.3 Å². The molecule has 0 radical (unpaired) electrons. The van der Waals surface area contributed by atoms with Gasteiger partial charge in [-0.25, -0.2) is 0 Å². The van der Waals surface area contributed by atoms with Crippen molar-refractivity contribution in [3.8, 4) is 0 Å². The lowest BCUT2D eigenvalue weighted by molar-refractivity contribution is 0.195. The average Bonchev–Trinajstić information content (AvgIpc) is 2.82. The second-order valence-electron chi connectivity index (χ2n) is 4.80. The first-order valence-electron chi connectivity index (χ1n) is 7.04. The molecule has 0 fully saturated rings. The fraction of sp³-hybridized carbons (Fsp3) is 0.533. The highest BCUT2D eigenvalue weighted by atomic mass is 35.5. The van der Waals surface area contributed by atoms with Gasteiger partial charge >= 0.3 is 0 Å². The summed E-state index contributed by atoms with van der Waals surface area (Å²) in [5, 5.41) is 9.35. The van der Waals surface area contributed by atoms with E-state index in [0.717, 1.165) is 31.7 Å². The Kier molecular flexibility index (Phi) is 5.83. The van der Waals surface area contributed by atoms with Crippen LogP contribution in [0.2, 0.25) is 0 Å². The first-order chi connectivity index (χ1) is 9.76. The van der Waals surface area contributed by atoms with Gasteiger partial charge in [0.1, 0.15) is 0 Å². The summed E-state index contributed by atoms with van der Waals surface area (Å²) in [5.74, 6) is 0. The molecule has 5 heteroatoms. The second-order valence-corrected chi connectivity index (χ2v) is 5.41. The van der Waals surface area contributed by atoms with Crippen LogP contribution in [0.5, 0.6) is 0 Å². The van der Waals surface area contributed by atoms with Crippen LogP contribution in [0.3, 0.4) is 0 Å². The highest BCUT2D eigenvalue weighted by Gasteiger charge is 2.09. The Morgan fingerprint density at radius 2 is 2.20 bits per heavy atom. The fourth-order valence-electron chi connectivity index (χ4n) is 2.30. The topological polar surface area (TPSA) is 39.1 Å². The van der Waals surface area contributed by atoms with Crippen LogP contribution < -0.4 is 5.32 Å². The zero-order valence-electron chi connectivity index (χ0n) is 12.1. The monoisotopic (exact) mass is 295 g/mol. The van der Waals surface area contributed by atoms with Gasteiger partial charge in [-0.15, -0.1) is 11.6 Å². The molecule has 0 saturated carbocycles. The minimum absolute atomic E-state index is 0.0671. The number of nitrogens with one attached hydrogen (secondary N) is 1. The van der Waals surface area contributed by atoms with Crippen molar-refractivity contribution in [3.05, 3.63) is 30.0 Å². The molecule has 1 heterocycles. The molecule has 0 aliphatic rings. The molecule has 4 nitrogen and oxygen atoms in total. The smallest absolute Gasteiger partial charge is 0.0841 e. The molecule has 0 aliphatic carbocycles. The summed E-state index contributed by atoms with van der Waals surface area (Å²) < 4.78 is 7.06. The Morgan fingerprint density at radius 1 is 1.40 bits per heavy atom. The highest BCUT2D eigenvalue weighted by molar-refractivity contribution is 6.20. The number of aromatic nitrogens is 2. The predicted molar refractivity (Wildman–Crippen MR) is 83.2 cm³/mol. The lowest BCUT2D eigenvalue weighted by atomic mass is 10.2. The number of aryl methyl sites for hydroxylation is 1. The van der Waals surface area contributed by atoms with Gasteiger partial charge < -0.3 is 10.1 Å². The summed E-state index contributed by atoms with van der Waals surface area (Å²) in [6, 6.07) is 8.35. The van der Waals surface area contributed by atoms with Crippen LogP contribution in [-0.4, -0.2) is 35.4 Å². The minimum atomic E-state index is 0.0671. The van der Waals surface area contributed by atoms with E-state index < -0.39 is 0 Å². The number of benzene rings is 1. The Hall–Kier alpha value is -1.10. The van der Waals surface area contributed by atoms with E-state index in [1.165, 1.54) is 10.9 Å². The molecule has 1 atom stereocenters. The molecule has 110 valence electrons. The number of alkyl halides is 1. The van der Waals surface area contributed by atoms with E-state index >= 15 is 0 Å². The molecule has 0 amide bonds. The van der Waals surface area contributed by atoms with Crippen LogP contribution in [0.1, 0.15) is 19.0 Å². The quantitative estimate of drug-likeness (QED) is 0.601. The van der Waals surface area contributed by atoms with Gasteiger partial charge in [0.05, 0.1) is 23.2 Å². The molecular formula is C15H22ClN3O. The maximum atomic E-state index is 6.10. The minimum Gasteiger partial charge on any atom is -0.383 e. The number of halogens is 1. The van der Waals surface area contributed by atoms with Gasteiger partial charge in [-0.2, -0.15) is 5.10 Å². The van der Waals surface area contributed by atoms with Crippen molar-refractivity contribution in [2.45, 2.75) is 31.8 Å². The Morgan fingerprint density at radius 3 is 2.95 bits per heavy atom. The van der Waals surface area contributed by atoms with Crippen molar-refractivity contribution >= 4 is 22.5 Å². The number of rotatable bonds is 8. The lowest BCUT2D eigenvalue weighted by Crippen LogP contribution is -2.20. The van der Waals surface area contributed by atoms with Crippen LogP contribution >= 0.6 is 11.6 Å². The molecule has 0 spiro atoms. The molecule has 0 aliphatic heterocycles. The number of methoxy groups -OCH3 is 1. The summed E-state index contributed by atoms with van der Waals surface area (Å²) in [7, 11) is 1.67. The third kappa shape index (κ3) is 3.72. The summed E-state index contributed by atoms with van der Waals surface area (Å²) in [5.41, 5.74) is 2.29. The number of fused-ring (bicyclic) bond motifs is 1. The predicted octanol–water partition coefficient (Wildman–Crippen LogP) is 2.79. The lowest BCUT2D eigenvalue weighted by Gasteiger charge is -2.08. The van der Waals surface area contributed by atoms with Gasteiger partial charge in [0.25, 0.3) is 0 Å². The molecule has 1 unspecified atom stereocenters. The molecule has 2 aromatic rings. The highest BCUT2D eigenvalue weighted by Crippen LogP contribution is 2.18. The number of para-hydroxylation sites is 1. The summed E-state index contributed by atoms with van der Waals surface area (Å²) >= 11 is 6.10. The van der Waals surface area contributed by atoms with Crippen LogP contribution in [0.4, 0.5) is 0 Å². The number of nitrogens with zero attached hydrogens (tertiary/aromatic N) is 2. The number of hydrogen-bond acceptors (Lipinski definition) is 3. The van der Waals surface area contributed by atoms with Crippen molar-refractivity contribution < 1.29 is 4.74 Å². The molecule has 1 N–H and O–H groups in total. The Balaban J connectivity index is 1.93. The van der Waals surface area contributed by atoms with Gasteiger partial charge in [-0.1, -0.05) is 18.2 Å². The standard InChI is InChI=1S/C15H22ClN3O/c1-3-19-15-7-5-4-6-13(15)14(18-19)10-17-9-8-12(16)11-20-2/h4-7,12,17H,3,8-11H2,1-2H3. The van der Waals surface area contributed by atoms with Crippen LogP contribution in [0.15, 0.2) is 24.3 Å². The number of ether oxygens (including phenoxy) is 1. The van der Waals surface area contributed by atoms with Crippen molar-refractivity contribution in [3.63, 3.8) is 0 Å². The fourth-order valence-corrected chi connectivity index (χ4v) is 2.53. The Bertz CT molecular complexity index is 541. The van der Waals surface area contributed by atoms with E-state index in [4.69, 9.17) is 16.3 Å². The molecular weight excluding hydrogens is 274 g/mol. The van der Waals surface area contributed by atoms with E-state index in [9.17, 15) is 0 Å². The van der Waals surface area contributed by atoms with E-state index in [2.05, 4.69) is 41.6 Å². The Labute approximate surface area is 125 Å². The zero-order valence-corrected chi connectivity index (χ0v) is 12.9. The van der Waals surface area contributed by atoms with Crippen LogP contribution in [-0.2, 0) is 17.8 Å². The third-order valence-corrected chi connectivity index (χ3v) is 3.65. The normalized spacial score (nSPS) is 12.9. The molecule has 2 rings (SSSR count). The van der Waals surface area contributed by atoms with E-state index in [-0.39, 0.29) is 5.38 Å². The van der Waals surface area contributed by atoms with Gasteiger partial charge in [-0.3, -0.25) is 4.68 Å². The number of hydrogen-bond donors (Lipinski definition) is 1. The van der Waals surface area contributed by atoms with E-state index in [1.54, 1.807) is 7.11 Å². The van der Waals surface area contributed by atoms with E-state index in [0.29, 0.717) is 6.61 Å². The van der Waals surface area contributed by atoms with Crippen LogP contribution in [0.25, 0.3) is 10.9 Å². The molecule has 1 aromatic carbocycles. The summed E-state index contributed by atoms with van der Waals surface area (Å²) in [6.07, 6.45) is 0.891. The zero-order chi connectivity index (χ0) is 14.4. The van der Waals surface area contributed by atoms with Gasteiger partial charge in [0.2, 0.25) is 0 Å². The largest absolute Gasteiger partial charge is 0.383 e. The summed E-state index contributed by atoms with van der Waals surface area (Å²) in [4.78, 5) is 0. The maximum absolute atomic E-state index is 6.10. The maximum Gasteiger partial charge on any atom is 0.0841 e. The molecule has 0 bridgehead atoms. The first kappa shape index (κ1) is 15.3. The van der Waals surface area contributed by atoms with Gasteiger partial charge in [-0.05, 0) is 26.0 Å². The van der Waals surface area contributed by atoms with Crippen LogP contribution in [0, 0.1) is 0 Å². The SMILES string of the molecule is CCn1nc(CNCCC(Cl)COC)c2ccccc21. The average molecular weight is 296 g/mol. The van der Waals surface area contributed by atoms with E-state index in [1.807, 2.05) is 4.68 Å².